The Kier molecular flexibility index (Phi) is 3.27. The zero-order chi connectivity index (χ0) is 14.8. The summed E-state index contributed by atoms with van der Waals surface area (Å²) in [5.41, 5.74) is 7.78. The first-order valence-electron chi connectivity index (χ1n) is 6.57. The Morgan fingerprint density at radius 2 is 2.14 bits per heavy atom. The van der Waals surface area contributed by atoms with Crippen LogP contribution in [0.4, 0.5) is 5.82 Å². The summed E-state index contributed by atoms with van der Waals surface area (Å²) in [6.45, 7) is 2.03. The van der Waals surface area contributed by atoms with Gasteiger partial charge in [0.2, 0.25) is 0 Å². The number of esters is 1. The Morgan fingerprint density at radius 1 is 1.33 bits per heavy atom. The standard InChI is InChI=1S/C15H14N4O2/c1-2-21-15(20)11-9-18-19(14(11)16)12-7-3-5-10-6-4-8-17-13(10)12/h3-9H,2,16H2,1H3. The largest absolute Gasteiger partial charge is 0.462 e. The van der Waals surface area contributed by atoms with Crippen LogP contribution in [0, 0.1) is 0 Å². The molecule has 21 heavy (non-hydrogen) atoms. The number of hydrogen-bond donors (Lipinski definition) is 1. The highest BCUT2D eigenvalue weighted by molar-refractivity contribution is 5.95. The predicted molar refractivity (Wildman–Crippen MR) is 79.2 cm³/mol. The molecule has 0 aliphatic heterocycles. The molecule has 3 aromatic rings. The van der Waals surface area contributed by atoms with Gasteiger partial charge in [-0.2, -0.15) is 5.10 Å². The number of carbonyl (C=O) groups is 1. The number of ether oxygens (including phenoxy) is 1. The fourth-order valence-electron chi connectivity index (χ4n) is 2.18. The van der Waals surface area contributed by atoms with E-state index in [9.17, 15) is 4.79 Å². The average Bonchev–Trinajstić information content (AvgIpc) is 2.88. The number of pyridine rings is 1. The van der Waals surface area contributed by atoms with E-state index in [0.29, 0.717) is 6.61 Å². The Bertz CT molecular complexity index is 805. The van der Waals surface area contributed by atoms with E-state index in [1.165, 1.54) is 10.9 Å². The number of hydrogen-bond acceptors (Lipinski definition) is 5. The van der Waals surface area contributed by atoms with E-state index in [4.69, 9.17) is 10.5 Å². The highest BCUT2D eigenvalue weighted by Crippen LogP contribution is 2.23. The monoisotopic (exact) mass is 282 g/mol. The Morgan fingerprint density at radius 3 is 2.95 bits per heavy atom. The number of anilines is 1. The minimum absolute atomic E-state index is 0.242. The minimum Gasteiger partial charge on any atom is -0.462 e. The lowest BCUT2D eigenvalue weighted by Gasteiger charge is -2.08. The van der Waals surface area contributed by atoms with E-state index in [2.05, 4.69) is 10.1 Å². The zero-order valence-electron chi connectivity index (χ0n) is 11.5. The maximum atomic E-state index is 11.8. The lowest BCUT2D eigenvalue weighted by atomic mass is 10.2. The number of nitrogens with zero attached hydrogens (tertiary/aromatic N) is 3. The molecule has 0 amide bonds. The number of nitrogen functional groups attached to an aromatic ring is 1. The van der Waals surface area contributed by atoms with Crippen molar-refractivity contribution < 1.29 is 9.53 Å². The van der Waals surface area contributed by atoms with Crippen molar-refractivity contribution in [1.82, 2.24) is 14.8 Å². The summed E-state index contributed by atoms with van der Waals surface area (Å²) in [6, 6.07) is 9.52. The molecule has 0 atom stereocenters. The van der Waals surface area contributed by atoms with Crippen molar-refractivity contribution in [2.24, 2.45) is 0 Å². The van der Waals surface area contributed by atoms with Gasteiger partial charge in [-0.05, 0) is 19.1 Å². The lowest BCUT2D eigenvalue weighted by Crippen LogP contribution is -2.09. The number of para-hydroxylation sites is 1. The fourth-order valence-corrected chi connectivity index (χ4v) is 2.18. The molecule has 0 aliphatic rings. The molecule has 0 radical (unpaired) electrons. The molecule has 2 N–H and O–H groups in total. The molecule has 0 saturated heterocycles. The van der Waals surface area contributed by atoms with Gasteiger partial charge in [0.05, 0.1) is 24.0 Å². The molecule has 6 heteroatoms. The van der Waals surface area contributed by atoms with Crippen molar-refractivity contribution in [3.63, 3.8) is 0 Å². The minimum atomic E-state index is -0.477. The summed E-state index contributed by atoms with van der Waals surface area (Å²) in [6.07, 6.45) is 3.12. The summed E-state index contributed by atoms with van der Waals surface area (Å²) in [5.74, 6) is -0.235. The molecule has 3 rings (SSSR count). The van der Waals surface area contributed by atoms with Crippen molar-refractivity contribution in [2.45, 2.75) is 6.92 Å². The Hall–Kier alpha value is -2.89. The molecule has 1 aromatic carbocycles. The van der Waals surface area contributed by atoms with E-state index >= 15 is 0 Å². The predicted octanol–water partition coefficient (Wildman–Crippen LogP) is 2.18. The second kappa shape index (κ2) is 5.24. The summed E-state index contributed by atoms with van der Waals surface area (Å²) in [7, 11) is 0. The first kappa shape index (κ1) is 13.1. The molecular weight excluding hydrogens is 268 g/mol. The van der Waals surface area contributed by atoms with E-state index < -0.39 is 5.97 Å². The second-order valence-corrected chi connectivity index (χ2v) is 4.43. The molecule has 2 heterocycles. The van der Waals surface area contributed by atoms with Crippen molar-refractivity contribution in [2.75, 3.05) is 12.3 Å². The van der Waals surface area contributed by atoms with Crippen LogP contribution in [0.3, 0.4) is 0 Å². The molecule has 6 nitrogen and oxygen atoms in total. The lowest BCUT2D eigenvalue weighted by molar-refractivity contribution is 0.0527. The van der Waals surface area contributed by atoms with Gasteiger partial charge in [-0.25, -0.2) is 9.48 Å². The summed E-state index contributed by atoms with van der Waals surface area (Å²) in [5, 5.41) is 5.16. The third-order valence-electron chi connectivity index (χ3n) is 3.14. The SMILES string of the molecule is CCOC(=O)c1cnn(-c2cccc3cccnc23)c1N. The smallest absolute Gasteiger partial charge is 0.343 e. The number of fused-ring (bicyclic) bond motifs is 1. The molecule has 106 valence electrons. The van der Waals surface area contributed by atoms with Crippen LogP contribution in [0.5, 0.6) is 0 Å². The van der Waals surface area contributed by atoms with Crippen molar-refractivity contribution in [3.8, 4) is 5.69 Å². The third kappa shape index (κ3) is 2.20. The van der Waals surface area contributed by atoms with Crippen LogP contribution < -0.4 is 5.73 Å². The molecule has 0 aliphatic carbocycles. The van der Waals surface area contributed by atoms with Gasteiger partial charge in [0.15, 0.2) is 0 Å². The molecule has 0 unspecified atom stereocenters. The highest BCUT2D eigenvalue weighted by atomic mass is 16.5. The van der Waals surface area contributed by atoms with E-state index in [0.717, 1.165) is 16.6 Å². The van der Waals surface area contributed by atoms with Crippen LogP contribution in [0.25, 0.3) is 16.6 Å². The van der Waals surface area contributed by atoms with Crippen molar-refractivity contribution in [3.05, 3.63) is 48.3 Å². The van der Waals surface area contributed by atoms with Gasteiger partial charge in [-0.15, -0.1) is 0 Å². The van der Waals surface area contributed by atoms with Crippen LogP contribution in [0.2, 0.25) is 0 Å². The number of rotatable bonds is 3. The Balaban J connectivity index is 2.14. The topological polar surface area (TPSA) is 83.0 Å². The first-order valence-corrected chi connectivity index (χ1v) is 6.57. The van der Waals surface area contributed by atoms with Crippen LogP contribution in [0.15, 0.2) is 42.7 Å². The van der Waals surface area contributed by atoms with Crippen LogP contribution in [-0.2, 0) is 4.74 Å². The summed E-state index contributed by atoms with van der Waals surface area (Å²) in [4.78, 5) is 16.2. The van der Waals surface area contributed by atoms with Gasteiger partial charge >= 0.3 is 5.97 Å². The van der Waals surface area contributed by atoms with Crippen LogP contribution in [0.1, 0.15) is 17.3 Å². The van der Waals surface area contributed by atoms with Gasteiger partial charge in [0, 0.05) is 11.6 Å². The molecule has 2 aromatic heterocycles. The number of aromatic nitrogens is 3. The first-order chi connectivity index (χ1) is 10.2. The molecule has 0 bridgehead atoms. The summed E-state index contributed by atoms with van der Waals surface area (Å²) >= 11 is 0. The second-order valence-electron chi connectivity index (χ2n) is 4.43. The average molecular weight is 282 g/mol. The number of nitrogens with two attached hydrogens (primary N) is 1. The van der Waals surface area contributed by atoms with Crippen molar-refractivity contribution in [1.29, 1.82) is 0 Å². The third-order valence-corrected chi connectivity index (χ3v) is 3.14. The van der Waals surface area contributed by atoms with E-state index in [1.54, 1.807) is 13.1 Å². The molecule has 0 saturated carbocycles. The van der Waals surface area contributed by atoms with Crippen LogP contribution in [-0.4, -0.2) is 27.3 Å². The molecule has 0 fully saturated rings. The van der Waals surface area contributed by atoms with Gasteiger partial charge in [0.25, 0.3) is 0 Å². The van der Waals surface area contributed by atoms with Gasteiger partial charge in [-0.3, -0.25) is 4.98 Å². The van der Waals surface area contributed by atoms with E-state index in [-0.39, 0.29) is 11.4 Å². The highest BCUT2D eigenvalue weighted by Gasteiger charge is 2.18. The van der Waals surface area contributed by atoms with Crippen molar-refractivity contribution >= 4 is 22.7 Å². The van der Waals surface area contributed by atoms with Gasteiger partial charge in [-0.1, -0.05) is 18.2 Å². The molecule has 0 spiro atoms. The molecular formula is C15H14N4O2. The maximum Gasteiger partial charge on any atom is 0.343 e. The summed E-state index contributed by atoms with van der Waals surface area (Å²) < 4.78 is 6.46. The fraction of sp³-hybridized carbons (Fsp3) is 0.133. The van der Waals surface area contributed by atoms with E-state index in [1.807, 2.05) is 30.3 Å². The number of carbonyl (C=O) groups excluding carboxylic acids is 1. The quantitative estimate of drug-likeness (QED) is 0.744. The number of benzene rings is 1. The maximum absolute atomic E-state index is 11.8. The normalized spacial score (nSPS) is 10.7. The zero-order valence-corrected chi connectivity index (χ0v) is 11.5. The van der Waals surface area contributed by atoms with Gasteiger partial charge < -0.3 is 10.5 Å². The Labute approximate surface area is 121 Å². The van der Waals surface area contributed by atoms with Crippen LogP contribution >= 0.6 is 0 Å². The van der Waals surface area contributed by atoms with Gasteiger partial charge in [0.1, 0.15) is 11.4 Å².